The van der Waals surface area contributed by atoms with Gasteiger partial charge < -0.3 is 15.0 Å². The maximum atomic E-state index is 13.6. The van der Waals surface area contributed by atoms with Crippen molar-refractivity contribution < 1.29 is 19.1 Å². The first-order valence-corrected chi connectivity index (χ1v) is 11.2. The van der Waals surface area contributed by atoms with Crippen LogP contribution in [0.1, 0.15) is 49.7 Å². The third-order valence-electron chi connectivity index (χ3n) is 5.57. The Morgan fingerprint density at radius 1 is 1.12 bits per heavy atom. The molecule has 1 aromatic heterocycles. The Kier molecular flexibility index (Phi) is 6.22. The van der Waals surface area contributed by atoms with Crippen LogP contribution in [0.2, 0.25) is 0 Å². The Hall–Kier alpha value is -3.61. The van der Waals surface area contributed by atoms with E-state index < -0.39 is 17.6 Å². The molecule has 0 aliphatic carbocycles. The number of carbonyl (C=O) groups is 3. The molecule has 7 nitrogen and oxygen atoms in total. The van der Waals surface area contributed by atoms with Crippen LogP contribution in [0, 0.1) is 0 Å². The number of aromatic nitrogens is 1. The summed E-state index contributed by atoms with van der Waals surface area (Å²) in [6.45, 7) is 5.15. The summed E-state index contributed by atoms with van der Waals surface area (Å²) in [5.41, 5.74) is 2.26. The van der Waals surface area contributed by atoms with Crippen LogP contribution in [0.15, 0.2) is 54.6 Å². The summed E-state index contributed by atoms with van der Waals surface area (Å²) in [7, 11) is 0. The number of benzene rings is 2. The summed E-state index contributed by atoms with van der Waals surface area (Å²) in [6, 6.07) is 16.2. The topological polar surface area (TPSA) is 91.5 Å². The molecule has 1 aliphatic rings. The minimum Gasteiger partial charge on any atom is -0.459 e. The van der Waals surface area contributed by atoms with Crippen molar-refractivity contribution >= 4 is 34.4 Å². The third-order valence-corrected chi connectivity index (χ3v) is 5.57. The summed E-state index contributed by atoms with van der Waals surface area (Å²) < 4.78 is 5.47. The van der Waals surface area contributed by atoms with E-state index in [9.17, 15) is 14.4 Å². The first-order valence-electron chi connectivity index (χ1n) is 11.2. The Bertz CT molecular complexity index is 1160. The van der Waals surface area contributed by atoms with Gasteiger partial charge in [-0.25, -0.2) is 0 Å². The van der Waals surface area contributed by atoms with Gasteiger partial charge in [-0.15, -0.1) is 0 Å². The number of nitrogens with zero attached hydrogens (tertiary/aromatic N) is 1. The van der Waals surface area contributed by atoms with Gasteiger partial charge in [0.2, 0.25) is 5.91 Å². The van der Waals surface area contributed by atoms with E-state index in [1.165, 1.54) is 4.90 Å². The lowest BCUT2D eigenvalue weighted by Crippen LogP contribution is -2.51. The van der Waals surface area contributed by atoms with Crippen LogP contribution in [-0.2, 0) is 20.7 Å². The van der Waals surface area contributed by atoms with Crippen LogP contribution in [0.25, 0.3) is 10.9 Å². The van der Waals surface area contributed by atoms with E-state index in [4.69, 9.17) is 4.74 Å². The lowest BCUT2D eigenvalue weighted by Gasteiger charge is -2.32. The molecular formula is C26H29N3O4. The van der Waals surface area contributed by atoms with Crippen LogP contribution in [0.3, 0.4) is 0 Å². The van der Waals surface area contributed by atoms with E-state index in [0.29, 0.717) is 17.8 Å². The molecule has 7 heteroatoms. The number of aryl methyl sites for hydroxylation is 1. The van der Waals surface area contributed by atoms with Crippen molar-refractivity contribution in [2.75, 3.05) is 11.4 Å². The summed E-state index contributed by atoms with van der Waals surface area (Å²) >= 11 is 0. The number of anilines is 1. The molecule has 0 spiro atoms. The number of amides is 2. The molecule has 0 bridgehead atoms. The number of aromatic amines is 1. The lowest BCUT2D eigenvalue weighted by atomic mass is 9.98. The number of esters is 1. The van der Waals surface area contributed by atoms with Crippen LogP contribution >= 0.6 is 0 Å². The average molecular weight is 448 g/mol. The molecule has 3 aromatic rings. The Balaban J connectivity index is 1.59. The molecule has 2 heterocycles. The molecule has 2 amide bonds. The third kappa shape index (κ3) is 5.25. The van der Waals surface area contributed by atoms with E-state index in [-0.39, 0.29) is 18.4 Å². The molecular weight excluding hydrogens is 418 g/mol. The van der Waals surface area contributed by atoms with Crippen molar-refractivity contribution in [3.8, 4) is 0 Å². The number of nitrogens with one attached hydrogen (secondary N) is 2. The maximum Gasteiger partial charge on any atom is 0.326 e. The normalized spacial score (nSPS) is 16.6. The van der Waals surface area contributed by atoms with Crippen LogP contribution in [0.5, 0.6) is 0 Å². The highest BCUT2D eigenvalue weighted by molar-refractivity contribution is 6.05. The molecule has 4 rings (SSSR count). The number of carbonyl (C=O) groups excluding carboxylic acids is 3. The van der Waals surface area contributed by atoms with Gasteiger partial charge in [0.15, 0.2) is 0 Å². The first kappa shape index (κ1) is 22.6. The number of para-hydroxylation sites is 2. The molecule has 0 saturated carbocycles. The number of rotatable bonds is 4. The van der Waals surface area contributed by atoms with Crippen molar-refractivity contribution in [2.24, 2.45) is 0 Å². The minimum absolute atomic E-state index is 0.216. The largest absolute Gasteiger partial charge is 0.459 e. The van der Waals surface area contributed by atoms with Crippen LogP contribution in [0.4, 0.5) is 5.69 Å². The summed E-state index contributed by atoms with van der Waals surface area (Å²) in [4.78, 5) is 43.7. The van der Waals surface area contributed by atoms with Gasteiger partial charge in [0.25, 0.3) is 5.91 Å². The fourth-order valence-electron chi connectivity index (χ4n) is 4.14. The molecule has 1 atom stereocenters. The van der Waals surface area contributed by atoms with E-state index in [0.717, 1.165) is 29.3 Å². The van der Waals surface area contributed by atoms with E-state index in [1.807, 2.05) is 48.5 Å². The molecule has 172 valence electrons. The smallest absolute Gasteiger partial charge is 0.326 e. The molecule has 0 saturated heterocycles. The zero-order valence-electron chi connectivity index (χ0n) is 19.2. The Morgan fingerprint density at radius 3 is 2.61 bits per heavy atom. The predicted octanol–water partition coefficient (Wildman–Crippen LogP) is 3.98. The predicted molar refractivity (Wildman–Crippen MR) is 127 cm³/mol. The zero-order chi connectivity index (χ0) is 23.6. The van der Waals surface area contributed by atoms with E-state index in [1.54, 1.807) is 26.8 Å². The number of H-pyrrole nitrogens is 1. The van der Waals surface area contributed by atoms with E-state index >= 15 is 0 Å². The van der Waals surface area contributed by atoms with E-state index in [2.05, 4.69) is 10.3 Å². The quantitative estimate of drug-likeness (QED) is 0.592. The fourth-order valence-corrected chi connectivity index (χ4v) is 4.14. The van der Waals surface area contributed by atoms with Gasteiger partial charge in [0.1, 0.15) is 23.9 Å². The number of hydrogen-bond donors (Lipinski definition) is 2. The Morgan fingerprint density at radius 2 is 1.85 bits per heavy atom. The number of fused-ring (bicyclic) bond motifs is 2. The van der Waals surface area contributed by atoms with Crippen LogP contribution < -0.4 is 10.2 Å². The van der Waals surface area contributed by atoms with Gasteiger partial charge in [-0.05, 0) is 63.8 Å². The van der Waals surface area contributed by atoms with Crippen molar-refractivity contribution in [2.45, 2.75) is 51.7 Å². The van der Waals surface area contributed by atoms with Crippen LogP contribution in [-0.4, -0.2) is 41.0 Å². The van der Waals surface area contributed by atoms with Crippen molar-refractivity contribution in [1.29, 1.82) is 0 Å². The average Bonchev–Trinajstić information content (AvgIpc) is 3.19. The maximum absolute atomic E-state index is 13.6. The minimum atomic E-state index is -0.750. The molecule has 1 unspecified atom stereocenters. The number of hydrogen-bond acceptors (Lipinski definition) is 4. The first-order chi connectivity index (χ1) is 15.7. The van der Waals surface area contributed by atoms with Gasteiger partial charge in [-0.2, -0.15) is 0 Å². The lowest BCUT2D eigenvalue weighted by molar-refractivity contribution is -0.153. The molecule has 33 heavy (non-hydrogen) atoms. The van der Waals surface area contributed by atoms with Gasteiger partial charge in [-0.1, -0.05) is 36.4 Å². The molecule has 0 fully saturated rings. The number of ether oxygens (including phenoxy) is 1. The summed E-state index contributed by atoms with van der Waals surface area (Å²) in [5, 5.41) is 3.81. The zero-order valence-corrected chi connectivity index (χ0v) is 19.2. The molecule has 0 radical (unpaired) electrons. The fraction of sp³-hybridized carbons (Fsp3) is 0.346. The van der Waals surface area contributed by atoms with Gasteiger partial charge >= 0.3 is 5.97 Å². The second-order valence-electron chi connectivity index (χ2n) is 9.33. The second-order valence-corrected chi connectivity index (χ2v) is 9.33. The van der Waals surface area contributed by atoms with Crippen molar-refractivity contribution in [3.05, 3.63) is 65.9 Å². The highest BCUT2D eigenvalue weighted by Crippen LogP contribution is 2.27. The highest BCUT2D eigenvalue weighted by atomic mass is 16.6. The van der Waals surface area contributed by atoms with Gasteiger partial charge in [-0.3, -0.25) is 19.3 Å². The Labute approximate surface area is 193 Å². The SMILES string of the molecule is CC(C)(C)OC(=O)CN1C(=O)C(NC(=O)c2cc3ccccc3[nH]2)CCCc2ccccc21. The van der Waals surface area contributed by atoms with Gasteiger partial charge in [0.05, 0.1) is 0 Å². The van der Waals surface area contributed by atoms with Crippen molar-refractivity contribution in [3.63, 3.8) is 0 Å². The molecule has 2 aromatic carbocycles. The monoisotopic (exact) mass is 447 g/mol. The van der Waals surface area contributed by atoms with Gasteiger partial charge in [0, 0.05) is 16.6 Å². The summed E-state index contributed by atoms with van der Waals surface area (Å²) in [6.07, 6.45) is 1.96. The summed E-state index contributed by atoms with van der Waals surface area (Å²) in [5.74, 6) is -1.17. The molecule has 2 N–H and O–H groups in total. The standard InChI is InChI=1S/C26H29N3O4/c1-26(2,3)33-23(30)16-29-22-14-7-5-9-17(22)11-8-13-20(25(29)32)28-24(31)21-15-18-10-4-6-12-19(18)27-21/h4-7,9-10,12,14-15,20,27H,8,11,13,16H2,1-3H3,(H,28,31). The second kappa shape index (κ2) is 9.10. The van der Waals surface area contributed by atoms with Crippen molar-refractivity contribution in [1.82, 2.24) is 10.3 Å². The molecule has 1 aliphatic heterocycles. The highest BCUT2D eigenvalue weighted by Gasteiger charge is 2.32.